The Morgan fingerprint density at radius 2 is 1.44 bits per heavy atom. The summed E-state index contributed by atoms with van der Waals surface area (Å²) in [5, 5.41) is 21.9. The molecule has 160 valence electrons. The molecule has 0 unspecified atom stereocenters. The van der Waals surface area contributed by atoms with Crippen molar-refractivity contribution < 1.29 is 15.0 Å². The number of carboxylic acids is 1. The number of hydrogen-bond acceptors (Lipinski definition) is 4. The molecule has 0 aliphatic heterocycles. The predicted molar refractivity (Wildman–Crippen MR) is 132 cm³/mol. The van der Waals surface area contributed by atoms with Gasteiger partial charge in [0, 0.05) is 17.5 Å². The number of aliphatic carboxylic acids is 1. The monoisotopic (exact) mass is 441 g/mol. The Bertz CT molecular complexity index is 1190. The number of phenolic OH excluding ortho intramolecular Hbond substituents is 1. The molecule has 1 atom stereocenters. The van der Waals surface area contributed by atoms with Crippen molar-refractivity contribution in [3.8, 4) is 5.75 Å². The standard InChI is InChI=1S/C27H23NO3S/c29-25-16-15-19-9-7-8-14-22(19)23(25)17-28-24(27(30)31)18-32-26(20-10-3-1-4-11-20)21-12-5-2-6-13-21/h1-17,24,26,29H,18H2,(H,30,31)/t24-/m0/s1. The highest BCUT2D eigenvalue weighted by Crippen LogP contribution is 2.36. The van der Waals surface area contributed by atoms with Gasteiger partial charge in [0.2, 0.25) is 0 Å². The molecule has 2 N–H and O–H groups in total. The first-order valence-electron chi connectivity index (χ1n) is 10.3. The number of benzene rings is 4. The number of thioether (sulfide) groups is 1. The van der Waals surface area contributed by atoms with Crippen LogP contribution < -0.4 is 0 Å². The van der Waals surface area contributed by atoms with Crippen LogP contribution in [0.4, 0.5) is 0 Å². The van der Waals surface area contributed by atoms with E-state index in [1.807, 2.05) is 66.7 Å². The molecule has 5 heteroatoms. The lowest BCUT2D eigenvalue weighted by Gasteiger charge is -2.19. The van der Waals surface area contributed by atoms with E-state index in [-0.39, 0.29) is 11.0 Å². The summed E-state index contributed by atoms with van der Waals surface area (Å²) in [5.74, 6) is -0.615. The summed E-state index contributed by atoms with van der Waals surface area (Å²) in [5.41, 5.74) is 2.76. The first-order valence-corrected chi connectivity index (χ1v) is 11.4. The molecule has 4 aromatic carbocycles. The van der Waals surface area contributed by atoms with Gasteiger partial charge in [-0.25, -0.2) is 4.79 Å². The normalized spacial score (nSPS) is 12.4. The molecule has 0 fully saturated rings. The molecule has 0 heterocycles. The largest absolute Gasteiger partial charge is 0.507 e. The van der Waals surface area contributed by atoms with Crippen molar-refractivity contribution in [2.75, 3.05) is 5.75 Å². The number of hydrogen-bond donors (Lipinski definition) is 2. The van der Waals surface area contributed by atoms with Crippen LogP contribution in [-0.2, 0) is 4.79 Å². The Morgan fingerprint density at radius 3 is 2.06 bits per heavy atom. The molecular formula is C27H23NO3S. The fourth-order valence-corrected chi connectivity index (χ4v) is 4.89. The van der Waals surface area contributed by atoms with Crippen molar-refractivity contribution in [2.45, 2.75) is 11.3 Å². The number of phenols is 1. The summed E-state index contributed by atoms with van der Waals surface area (Å²) in [4.78, 5) is 16.3. The number of rotatable bonds is 8. The van der Waals surface area contributed by atoms with Gasteiger partial charge in [0.25, 0.3) is 0 Å². The zero-order chi connectivity index (χ0) is 22.3. The minimum absolute atomic E-state index is 0.000378. The topological polar surface area (TPSA) is 69.9 Å². The highest BCUT2D eigenvalue weighted by molar-refractivity contribution is 7.99. The van der Waals surface area contributed by atoms with Crippen molar-refractivity contribution in [1.29, 1.82) is 0 Å². The van der Waals surface area contributed by atoms with Crippen molar-refractivity contribution in [3.05, 3.63) is 114 Å². The van der Waals surface area contributed by atoms with Crippen LogP contribution in [0.2, 0.25) is 0 Å². The second-order valence-corrected chi connectivity index (χ2v) is 8.52. The summed E-state index contributed by atoms with van der Waals surface area (Å²) < 4.78 is 0. The molecule has 4 nitrogen and oxygen atoms in total. The summed E-state index contributed by atoms with van der Waals surface area (Å²) in [6.45, 7) is 0. The molecular weight excluding hydrogens is 418 g/mol. The van der Waals surface area contributed by atoms with E-state index >= 15 is 0 Å². The Morgan fingerprint density at radius 1 is 0.844 bits per heavy atom. The van der Waals surface area contributed by atoms with Crippen molar-refractivity contribution in [3.63, 3.8) is 0 Å². The molecule has 0 bridgehead atoms. The molecule has 0 saturated carbocycles. The summed E-state index contributed by atoms with van der Waals surface area (Å²) in [6, 6.07) is 30.2. The Balaban J connectivity index is 1.59. The quantitative estimate of drug-likeness (QED) is 0.332. The first kappa shape index (κ1) is 21.7. The molecule has 4 aromatic rings. The van der Waals surface area contributed by atoms with Gasteiger partial charge in [0.1, 0.15) is 5.75 Å². The first-order chi connectivity index (χ1) is 15.6. The van der Waals surface area contributed by atoms with Gasteiger partial charge < -0.3 is 10.2 Å². The van der Waals surface area contributed by atoms with Gasteiger partial charge in [-0.2, -0.15) is 0 Å². The summed E-state index contributed by atoms with van der Waals surface area (Å²) in [7, 11) is 0. The van der Waals surface area contributed by atoms with Crippen molar-refractivity contribution in [2.24, 2.45) is 4.99 Å². The summed E-state index contributed by atoms with van der Waals surface area (Å²) in [6.07, 6.45) is 1.48. The number of aromatic hydroxyl groups is 1. The lowest BCUT2D eigenvalue weighted by molar-refractivity contribution is -0.137. The fraction of sp³-hybridized carbons (Fsp3) is 0.111. The van der Waals surface area contributed by atoms with Crippen LogP contribution in [0.25, 0.3) is 10.8 Å². The van der Waals surface area contributed by atoms with E-state index in [0.717, 1.165) is 21.9 Å². The van der Waals surface area contributed by atoms with Gasteiger partial charge >= 0.3 is 5.97 Å². The molecule has 0 aliphatic rings. The van der Waals surface area contributed by atoms with Crippen LogP contribution in [0, 0.1) is 0 Å². The van der Waals surface area contributed by atoms with E-state index in [1.165, 1.54) is 6.21 Å². The second-order valence-electron chi connectivity index (χ2n) is 7.39. The minimum Gasteiger partial charge on any atom is -0.507 e. The highest BCUT2D eigenvalue weighted by Gasteiger charge is 2.21. The Hall–Kier alpha value is -3.57. The Kier molecular flexibility index (Phi) is 6.87. The molecule has 32 heavy (non-hydrogen) atoms. The molecule has 0 saturated heterocycles. The number of carbonyl (C=O) groups is 1. The maximum atomic E-state index is 12.0. The average molecular weight is 442 g/mol. The third-order valence-electron chi connectivity index (χ3n) is 5.24. The molecule has 0 aromatic heterocycles. The van der Waals surface area contributed by atoms with Crippen LogP contribution in [0.15, 0.2) is 102 Å². The average Bonchev–Trinajstić information content (AvgIpc) is 2.83. The number of carboxylic acid groups (broad SMARTS) is 1. The van der Waals surface area contributed by atoms with Crippen LogP contribution in [-0.4, -0.2) is 34.2 Å². The van der Waals surface area contributed by atoms with E-state index < -0.39 is 12.0 Å². The van der Waals surface area contributed by atoms with Gasteiger partial charge in [-0.1, -0.05) is 91.0 Å². The van der Waals surface area contributed by atoms with Crippen molar-refractivity contribution in [1.82, 2.24) is 0 Å². The predicted octanol–water partition coefficient (Wildman–Crippen LogP) is 5.94. The SMILES string of the molecule is O=C(O)[C@H](CSC(c1ccccc1)c1ccccc1)N=Cc1c(O)ccc2ccccc12. The van der Waals surface area contributed by atoms with E-state index in [0.29, 0.717) is 11.3 Å². The minimum atomic E-state index is -0.992. The molecule has 0 radical (unpaired) electrons. The van der Waals surface area contributed by atoms with E-state index in [9.17, 15) is 15.0 Å². The van der Waals surface area contributed by atoms with Crippen LogP contribution in [0.3, 0.4) is 0 Å². The highest BCUT2D eigenvalue weighted by atomic mass is 32.2. The maximum Gasteiger partial charge on any atom is 0.329 e. The van der Waals surface area contributed by atoms with Crippen LogP contribution in [0.1, 0.15) is 21.9 Å². The molecule has 4 rings (SSSR count). The molecule has 0 amide bonds. The molecule has 0 aliphatic carbocycles. The van der Waals surface area contributed by atoms with Crippen LogP contribution >= 0.6 is 11.8 Å². The second kappa shape index (κ2) is 10.2. The zero-order valence-corrected chi connectivity index (χ0v) is 18.2. The lowest BCUT2D eigenvalue weighted by Crippen LogP contribution is -2.21. The van der Waals surface area contributed by atoms with Gasteiger partial charge in [-0.15, -0.1) is 11.8 Å². The van der Waals surface area contributed by atoms with Gasteiger partial charge in [-0.05, 0) is 28.0 Å². The van der Waals surface area contributed by atoms with E-state index in [1.54, 1.807) is 17.8 Å². The number of fused-ring (bicyclic) bond motifs is 1. The lowest BCUT2D eigenvalue weighted by atomic mass is 10.0. The Labute approximate surface area is 191 Å². The number of aliphatic imine (C=N–C) groups is 1. The summed E-state index contributed by atoms with van der Waals surface area (Å²) >= 11 is 1.55. The smallest absolute Gasteiger partial charge is 0.329 e. The maximum absolute atomic E-state index is 12.0. The number of nitrogens with zero attached hydrogens (tertiary/aromatic N) is 1. The fourth-order valence-electron chi connectivity index (χ4n) is 3.59. The third kappa shape index (κ3) is 5.01. The molecule has 0 spiro atoms. The van der Waals surface area contributed by atoms with Crippen molar-refractivity contribution >= 4 is 34.7 Å². The van der Waals surface area contributed by atoms with Gasteiger partial charge in [0.05, 0.1) is 5.25 Å². The van der Waals surface area contributed by atoms with E-state index in [4.69, 9.17) is 0 Å². The third-order valence-corrected chi connectivity index (χ3v) is 6.63. The zero-order valence-electron chi connectivity index (χ0n) is 17.3. The van der Waals surface area contributed by atoms with Gasteiger partial charge in [0.15, 0.2) is 6.04 Å². The van der Waals surface area contributed by atoms with Crippen LogP contribution in [0.5, 0.6) is 5.75 Å². The van der Waals surface area contributed by atoms with Gasteiger partial charge in [-0.3, -0.25) is 4.99 Å². The van der Waals surface area contributed by atoms with E-state index in [2.05, 4.69) is 29.3 Å².